The number of primary amides is 2. The molecule has 2 rings (SSSR count). The molecule has 0 aromatic carbocycles. The number of hydrogen-bond donors (Lipinski definition) is 7. The fourth-order valence-corrected chi connectivity index (χ4v) is 8.63. The summed E-state index contributed by atoms with van der Waals surface area (Å²) in [5.74, 6) is -1.44. The van der Waals surface area contributed by atoms with Gasteiger partial charge in [0.1, 0.15) is 23.7 Å². The highest BCUT2D eigenvalue weighted by Gasteiger charge is 2.42. The van der Waals surface area contributed by atoms with Crippen molar-refractivity contribution in [1.29, 1.82) is 0 Å². The third-order valence-electron chi connectivity index (χ3n) is 7.04. The molecule has 0 aliphatic carbocycles. The zero-order valence-corrected chi connectivity index (χ0v) is 29.3. The fourth-order valence-electron chi connectivity index (χ4n) is 4.73. The Morgan fingerprint density at radius 3 is 2.28 bits per heavy atom. The molecule has 3 unspecified atom stereocenters. The average Bonchev–Trinajstić information content (AvgIpc) is 3.53. The Kier molecular flexibility index (Phi) is 17.2. The van der Waals surface area contributed by atoms with E-state index < -0.39 is 47.5 Å². The highest BCUT2D eigenvalue weighted by Crippen LogP contribution is 2.33. The van der Waals surface area contributed by atoms with Gasteiger partial charge in [-0.2, -0.15) is 11.8 Å². The van der Waals surface area contributed by atoms with E-state index >= 15 is 0 Å². The van der Waals surface area contributed by atoms with Crippen molar-refractivity contribution in [3.8, 4) is 0 Å². The van der Waals surface area contributed by atoms with E-state index in [0.717, 1.165) is 29.4 Å². The molecule has 2 fully saturated rings. The zero-order chi connectivity index (χ0) is 35.0. The Bertz CT molecular complexity index is 1170. The number of unbranched alkanes of at least 4 members (excludes halogenated alkanes) is 2. The molecule has 47 heavy (non-hydrogen) atoms. The van der Waals surface area contributed by atoms with Crippen LogP contribution in [-0.2, 0) is 23.9 Å². The van der Waals surface area contributed by atoms with Crippen molar-refractivity contribution in [3.05, 3.63) is 10.4 Å². The van der Waals surface area contributed by atoms with Gasteiger partial charge in [0.15, 0.2) is 0 Å². The van der Waals surface area contributed by atoms with Gasteiger partial charge in [0, 0.05) is 40.4 Å². The van der Waals surface area contributed by atoms with Crippen LogP contribution in [0, 0.1) is 0 Å². The first-order valence-electron chi connectivity index (χ1n) is 15.3. The van der Waals surface area contributed by atoms with Crippen LogP contribution in [-0.4, -0.2) is 101 Å². The molecule has 0 spiro atoms. The highest BCUT2D eigenvalue weighted by molar-refractivity contribution is 8.76. The number of nitrogens with zero attached hydrogens (tertiary/aromatic N) is 3. The predicted octanol–water partition coefficient (Wildman–Crippen LogP) is 1.41. The van der Waals surface area contributed by atoms with E-state index in [2.05, 4.69) is 36.6 Å². The molecule has 2 heterocycles. The first-order valence-corrected chi connectivity index (χ1v) is 18.9. The maximum absolute atomic E-state index is 13.1. The molecule has 9 N–H and O–H groups in total. The number of rotatable bonds is 21. The minimum Gasteiger partial charge on any atom is -0.444 e. The second-order valence-corrected chi connectivity index (χ2v) is 15.9. The van der Waals surface area contributed by atoms with Crippen molar-refractivity contribution in [3.63, 3.8) is 0 Å². The predicted molar refractivity (Wildman–Crippen MR) is 182 cm³/mol. The van der Waals surface area contributed by atoms with E-state index in [0.29, 0.717) is 24.5 Å². The maximum Gasteiger partial charge on any atom is 0.408 e. The van der Waals surface area contributed by atoms with Gasteiger partial charge in [-0.15, -0.1) is 0 Å². The van der Waals surface area contributed by atoms with E-state index in [1.807, 2.05) is 11.8 Å². The van der Waals surface area contributed by atoms with Gasteiger partial charge in [0.05, 0.1) is 12.1 Å². The molecule has 2 aliphatic heterocycles. The fraction of sp³-hybridized carbons (Fsp3) is 0.778. The minimum absolute atomic E-state index is 0.0399. The monoisotopic (exact) mass is 718 g/mol. The number of ether oxygens (including phenoxy) is 1. The van der Waals surface area contributed by atoms with Gasteiger partial charge >= 0.3 is 12.1 Å². The standard InChI is InChI=1S/C27H46N10O7S3/c1-27(2,3)44-26(43)35-15(8-6-7-11-31-37-30)24(41)33-18(23(29)40)14-47-46-13-17(22(28)39)32-20(38)10-5-4-9-19-21-16(12-45-19)34-25(42)36-21/h15-19,21H,4-14H2,1-3H3,(H2,28,39)(H2,29,40)(H,32,38)(H,33,41)(H,35,43)(H2,34,36,42)/t15?,16-,17?,18?,19-,21-/m0/s1. The van der Waals surface area contributed by atoms with Gasteiger partial charge in [-0.3, -0.25) is 19.2 Å². The Labute approximate surface area is 286 Å². The minimum atomic E-state index is -1.10. The number of carbonyl (C=O) groups is 6. The summed E-state index contributed by atoms with van der Waals surface area (Å²) in [5.41, 5.74) is 18.7. The topological polar surface area (TPSA) is 273 Å². The molecule has 0 aromatic heterocycles. The SMILES string of the molecule is CC(C)(C)OC(=O)NC(CCCCN=[N+]=[N-])C(=O)NC(CSSCC(NC(=O)CCCC[C@@H]1SC[C@@H]2NC(=O)N[C@@H]21)C(N)=O)C(N)=O. The quantitative estimate of drug-likeness (QED) is 0.0224. The smallest absolute Gasteiger partial charge is 0.408 e. The van der Waals surface area contributed by atoms with E-state index in [9.17, 15) is 28.8 Å². The van der Waals surface area contributed by atoms with Crippen LogP contribution in [0.2, 0.25) is 0 Å². The molecule has 0 bridgehead atoms. The van der Waals surface area contributed by atoms with Crippen molar-refractivity contribution in [2.45, 2.75) is 107 Å². The molecule has 2 aliphatic rings. The molecule has 20 heteroatoms. The second kappa shape index (κ2) is 20.2. The molecule has 17 nitrogen and oxygen atoms in total. The number of nitrogens with one attached hydrogen (secondary N) is 5. The van der Waals surface area contributed by atoms with Crippen LogP contribution in [0.25, 0.3) is 10.4 Å². The summed E-state index contributed by atoms with van der Waals surface area (Å²) >= 11 is 1.81. The Hall–Kier alpha value is -3.22. The van der Waals surface area contributed by atoms with Crippen LogP contribution in [0.15, 0.2) is 5.11 Å². The molecule has 0 aromatic rings. The molecule has 0 saturated carbocycles. The molecular formula is C27H46N10O7S3. The van der Waals surface area contributed by atoms with Crippen LogP contribution < -0.4 is 38.1 Å². The summed E-state index contributed by atoms with van der Waals surface area (Å²) in [6.07, 6.45) is 2.79. The molecular weight excluding hydrogens is 673 g/mol. The van der Waals surface area contributed by atoms with Gasteiger partial charge in [0.25, 0.3) is 0 Å². The summed E-state index contributed by atoms with van der Waals surface area (Å²) in [7, 11) is 2.33. The van der Waals surface area contributed by atoms with Crippen LogP contribution in [0.4, 0.5) is 9.59 Å². The Balaban J connectivity index is 1.78. The van der Waals surface area contributed by atoms with Crippen molar-refractivity contribution >= 4 is 69.1 Å². The largest absolute Gasteiger partial charge is 0.444 e. The summed E-state index contributed by atoms with van der Waals surface area (Å²) < 4.78 is 5.25. The summed E-state index contributed by atoms with van der Waals surface area (Å²) in [6, 6.07) is -2.98. The summed E-state index contributed by atoms with van der Waals surface area (Å²) in [5, 5.41) is 17.3. The third kappa shape index (κ3) is 15.5. The molecule has 264 valence electrons. The van der Waals surface area contributed by atoms with Crippen LogP contribution in [0.5, 0.6) is 0 Å². The Morgan fingerprint density at radius 1 is 1.00 bits per heavy atom. The van der Waals surface area contributed by atoms with E-state index in [1.165, 1.54) is 10.8 Å². The van der Waals surface area contributed by atoms with Crippen molar-refractivity contribution in [1.82, 2.24) is 26.6 Å². The average molecular weight is 719 g/mol. The van der Waals surface area contributed by atoms with Crippen LogP contribution >= 0.6 is 33.3 Å². The number of urea groups is 1. The van der Waals surface area contributed by atoms with Gasteiger partial charge < -0.3 is 42.8 Å². The van der Waals surface area contributed by atoms with Crippen molar-refractivity contribution in [2.75, 3.05) is 23.8 Å². The molecule has 0 radical (unpaired) electrons. The Morgan fingerprint density at radius 2 is 1.66 bits per heavy atom. The van der Waals surface area contributed by atoms with Gasteiger partial charge in [0.2, 0.25) is 23.6 Å². The lowest BCUT2D eigenvalue weighted by atomic mass is 10.0. The summed E-state index contributed by atoms with van der Waals surface area (Å²) in [6.45, 7) is 5.26. The van der Waals surface area contributed by atoms with Crippen molar-refractivity contribution in [2.24, 2.45) is 16.6 Å². The number of nitrogens with two attached hydrogens (primary N) is 2. The molecule has 7 amide bonds. The van der Waals surface area contributed by atoms with Gasteiger partial charge in [-0.25, -0.2) is 9.59 Å². The normalized spacial score (nSPS) is 20.3. The lowest BCUT2D eigenvalue weighted by molar-refractivity contribution is -0.128. The second-order valence-electron chi connectivity index (χ2n) is 12.1. The number of hydrogen-bond acceptors (Lipinski definition) is 11. The third-order valence-corrected chi connectivity index (χ3v) is 11.0. The number of azide groups is 1. The lowest BCUT2D eigenvalue weighted by Crippen LogP contribution is -2.54. The van der Waals surface area contributed by atoms with Crippen LogP contribution in [0.3, 0.4) is 0 Å². The van der Waals surface area contributed by atoms with Crippen LogP contribution in [0.1, 0.15) is 65.7 Å². The summed E-state index contributed by atoms with van der Waals surface area (Å²) in [4.78, 5) is 76.2. The lowest BCUT2D eigenvalue weighted by Gasteiger charge is -2.24. The highest BCUT2D eigenvalue weighted by atomic mass is 33.1. The number of carbonyl (C=O) groups excluding carboxylic acids is 6. The zero-order valence-electron chi connectivity index (χ0n) is 26.8. The van der Waals surface area contributed by atoms with E-state index in [4.69, 9.17) is 21.7 Å². The maximum atomic E-state index is 13.1. The van der Waals surface area contributed by atoms with E-state index in [1.54, 1.807) is 20.8 Å². The number of amides is 7. The first kappa shape index (κ1) is 40.0. The van der Waals surface area contributed by atoms with E-state index in [-0.39, 0.29) is 54.9 Å². The molecule has 6 atom stereocenters. The number of thioether (sulfide) groups is 1. The first-order chi connectivity index (χ1) is 22.2. The van der Waals surface area contributed by atoms with Crippen molar-refractivity contribution < 1.29 is 33.5 Å². The molecule has 2 saturated heterocycles. The van der Waals surface area contributed by atoms with Gasteiger partial charge in [-0.1, -0.05) is 39.5 Å². The number of fused-ring (bicyclic) bond motifs is 1. The van der Waals surface area contributed by atoms with Gasteiger partial charge in [-0.05, 0) is 52.0 Å². The number of alkyl carbamates (subject to hydrolysis) is 1.